The first-order valence-electron chi connectivity index (χ1n) is 10.4. The molecule has 2 aliphatic rings. The molecule has 1 atom stereocenters. The second-order valence-electron chi connectivity index (χ2n) is 7.84. The van der Waals surface area contributed by atoms with E-state index in [0.29, 0.717) is 28.2 Å². The molecule has 2 aliphatic heterocycles. The summed E-state index contributed by atoms with van der Waals surface area (Å²) in [6, 6.07) is 8.94. The van der Waals surface area contributed by atoms with Gasteiger partial charge in [0.2, 0.25) is 5.91 Å². The maximum Gasteiger partial charge on any atom is 0.271 e. The Balaban J connectivity index is 1.51. The number of fused-ring (bicyclic) bond motifs is 3. The molecule has 1 fully saturated rings. The Kier molecular flexibility index (Phi) is 5.39. The predicted octanol–water partition coefficient (Wildman–Crippen LogP) is 3.90. The van der Waals surface area contributed by atoms with Gasteiger partial charge in [-0.2, -0.15) is 0 Å². The molecular formula is C22H24N4O2S2. The molecule has 0 aliphatic carbocycles. The molecule has 1 amide bonds. The third-order valence-corrected chi connectivity index (χ3v) is 8.39. The molecule has 1 aromatic carbocycles. The number of likely N-dealkylation sites (tertiary alicyclic amines) is 1. The lowest BCUT2D eigenvalue weighted by Gasteiger charge is -2.28. The van der Waals surface area contributed by atoms with Crippen molar-refractivity contribution in [1.29, 1.82) is 0 Å². The van der Waals surface area contributed by atoms with E-state index in [1.165, 1.54) is 47.1 Å². The van der Waals surface area contributed by atoms with Crippen LogP contribution in [0.4, 0.5) is 5.69 Å². The maximum absolute atomic E-state index is 13.3. The topological polar surface area (TPSA) is 67.2 Å². The van der Waals surface area contributed by atoms with Crippen molar-refractivity contribution in [2.75, 3.05) is 24.2 Å². The standard InChI is InChI=1S/C22H24N4O2S2/c1-2-14-5-7-15(8-6-14)16(25-9-3-4-10-25)11-26-13-23-18-19-22(29-12-17(27)24-19)30-20(18)21(26)28/h5-8,13,16H,2-4,9-12H2,1H3,(H,24,27). The van der Waals surface area contributed by atoms with Crippen LogP contribution in [0.3, 0.4) is 0 Å². The number of hydrogen-bond acceptors (Lipinski definition) is 6. The Hall–Kier alpha value is -2.16. The van der Waals surface area contributed by atoms with Crippen molar-refractivity contribution in [1.82, 2.24) is 14.5 Å². The summed E-state index contributed by atoms with van der Waals surface area (Å²) in [6.45, 7) is 4.85. The van der Waals surface area contributed by atoms with E-state index in [4.69, 9.17) is 0 Å². The molecule has 1 N–H and O–H groups in total. The van der Waals surface area contributed by atoms with E-state index < -0.39 is 0 Å². The molecule has 5 rings (SSSR count). The maximum atomic E-state index is 13.3. The van der Waals surface area contributed by atoms with Crippen LogP contribution in [0.1, 0.15) is 36.9 Å². The van der Waals surface area contributed by atoms with Crippen LogP contribution in [0.25, 0.3) is 10.2 Å². The number of rotatable bonds is 5. The summed E-state index contributed by atoms with van der Waals surface area (Å²) in [4.78, 5) is 32.1. The Morgan fingerprint density at radius 3 is 2.67 bits per heavy atom. The smallest absolute Gasteiger partial charge is 0.271 e. The average Bonchev–Trinajstić information content (AvgIpc) is 3.42. The van der Waals surface area contributed by atoms with Crippen LogP contribution in [0, 0.1) is 0 Å². The zero-order valence-electron chi connectivity index (χ0n) is 16.9. The van der Waals surface area contributed by atoms with Crippen molar-refractivity contribution in [2.45, 2.75) is 43.0 Å². The number of nitrogens with zero attached hydrogens (tertiary/aromatic N) is 3. The molecule has 0 spiro atoms. The zero-order valence-corrected chi connectivity index (χ0v) is 18.5. The SMILES string of the molecule is CCc1ccc(C(Cn2cnc3c4c(sc3c2=O)SCC(=O)N4)N2CCCC2)cc1. The molecular weight excluding hydrogens is 416 g/mol. The minimum atomic E-state index is -0.0391. The molecule has 1 saturated heterocycles. The normalized spacial score (nSPS) is 17.8. The zero-order chi connectivity index (χ0) is 20.7. The molecule has 1 unspecified atom stereocenters. The monoisotopic (exact) mass is 440 g/mol. The molecule has 0 bridgehead atoms. The summed E-state index contributed by atoms with van der Waals surface area (Å²) in [5.41, 5.74) is 3.86. The van der Waals surface area contributed by atoms with Gasteiger partial charge in [-0.3, -0.25) is 19.1 Å². The minimum Gasteiger partial charge on any atom is -0.322 e. The van der Waals surface area contributed by atoms with Gasteiger partial charge >= 0.3 is 0 Å². The van der Waals surface area contributed by atoms with Gasteiger partial charge in [0.25, 0.3) is 5.56 Å². The second-order valence-corrected chi connectivity index (χ2v) is 10.1. The first kappa shape index (κ1) is 19.8. The second kappa shape index (κ2) is 8.17. The summed E-state index contributed by atoms with van der Waals surface area (Å²) in [5.74, 6) is 0.349. The molecule has 6 nitrogen and oxygen atoms in total. The minimum absolute atomic E-state index is 0.0244. The van der Waals surface area contributed by atoms with E-state index in [1.807, 2.05) is 0 Å². The number of amides is 1. The highest BCUT2D eigenvalue weighted by Gasteiger charge is 2.27. The number of aromatic nitrogens is 2. The van der Waals surface area contributed by atoms with Gasteiger partial charge in [0.1, 0.15) is 10.2 Å². The van der Waals surface area contributed by atoms with Crippen LogP contribution in [0.2, 0.25) is 0 Å². The molecule has 4 heterocycles. The van der Waals surface area contributed by atoms with Gasteiger partial charge in [0.15, 0.2) is 0 Å². The highest BCUT2D eigenvalue weighted by atomic mass is 32.2. The quantitative estimate of drug-likeness (QED) is 0.652. The molecule has 3 aromatic rings. The number of thioether (sulfide) groups is 1. The van der Waals surface area contributed by atoms with Crippen LogP contribution in [0.5, 0.6) is 0 Å². The number of anilines is 1. The van der Waals surface area contributed by atoms with Crippen molar-refractivity contribution >= 4 is 44.9 Å². The fraction of sp³-hybridized carbons (Fsp3) is 0.409. The average molecular weight is 441 g/mol. The number of hydrogen-bond donors (Lipinski definition) is 1. The van der Waals surface area contributed by atoms with Gasteiger partial charge in [0, 0.05) is 6.54 Å². The van der Waals surface area contributed by atoms with Gasteiger partial charge in [-0.25, -0.2) is 4.98 Å². The number of carbonyl (C=O) groups is 1. The lowest BCUT2D eigenvalue weighted by Crippen LogP contribution is -2.32. The third-order valence-electron chi connectivity index (χ3n) is 5.95. The summed E-state index contributed by atoms with van der Waals surface area (Å²) in [6.07, 6.45) is 5.06. The van der Waals surface area contributed by atoms with E-state index in [9.17, 15) is 9.59 Å². The van der Waals surface area contributed by atoms with E-state index >= 15 is 0 Å². The largest absolute Gasteiger partial charge is 0.322 e. The van der Waals surface area contributed by atoms with Crippen molar-refractivity contribution in [3.8, 4) is 0 Å². The highest BCUT2D eigenvalue weighted by molar-refractivity contribution is 8.02. The van der Waals surface area contributed by atoms with E-state index in [2.05, 4.69) is 46.4 Å². The summed E-state index contributed by atoms with van der Waals surface area (Å²) in [5, 5.41) is 2.88. The fourth-order valence-corrected chi connectivity index (χ4v) is 6.46. The number of carbonyl (C=O) groups excluding carboxylic acids is 1. The molecule has 156 valence electrons. The van der Waals surface area contributed by atoms with Gasteiger partial charge in [-0.1, -0.05) is 31.2 Å². The fourth-order valence-electron chi connectivity index (χ4n) is 4.28. The summed E-state index contributed by atoms with van der Waals surface area (Å²) < 4.78 is 3.34. The van der Waals surface area contributed by atoms with Crippen molar-refractivity contribution in [3.63, 3.8) is 0 Å². The number of nitrogens with one attached hydrogen (secondary N) is 1. The summed E-state index contributed by atoms with van der Waals surface area (Å²) >= 11 is 2.92. The van der Waals surface area contributed by atoms with Crippen molar-refractivity contribution < 1.29 is 4.79 Å². The van der Waals surface area contributed by atoms with Crippen molar-refractivity contribution in [3.05, 3.63) is 52.1 Å². The van der Waals surface area contributed by atoms with E-state index in [-0.39, 0.29) is 17.5 Å². The number of aryl methyl sites for hydroxylation is 1. The van der Waals surface area contributed by atoms with E-state index in [1.54, 1.807) is 10.9 Å². The van der Waals surface area contributed by atoms with Crippen LogP contribution in [-0.2, 0) is 17.8 Å². The first-order valence-corrected chi connectivity index (χ1v) is 12.2. The third kappa shape index (κ3) is 3.57. The van der Waals surface area contributed by atoms with Crippen LogP contribution >= 0.6 is 23.1 Å². The molecule has 0 radical (unpaired) electrons. The number of benzene rings is 1. The first-order chi connectivity index (χ1) is 14.6. The Bertz CT molecular complexity index is 1150. The van der Waals surface area contributed by atoms with Gasteiger partial charge in [-0.05, 0) is 43.5 Å². The molecule has 0 saturated carbocycles. The lowest BCUT2D eigenvalue weighted by atomic mass is 10.0. The Morgan fingerprint density at radius 1 is 1.17 bits per heavy atom. The highest BCUT2D eigenvalue weighted by Crippen LogP contribution is 2.42. The Labute approximate surface area is 183 Å². The van der Waals surface area contributed by atoms with Gasteiger partial charge in [0.05, 0.1) is 28.0 Å². The lowest BCUT2D eigenvalue weighted by molar-refractivity contribution is -0.113. The van der Waals surface area contributed by atoms with Crippen LogP contribution in [0.15, 0.2) is 39.6 Å². The van der Waals surface area contributed by atoms with Crippen LogP contribution < -0.4 is 10.9 Å². The molecule has 2 aromatic heterocycles. The van der Waals surface area contributed by atoms with Gasteiger partial charge in [-0.15, -0.1) is 23.1 Å². The summed E-state index contributed by atoms with van der Waals surface area (Å²) in [7, 11) is 0. The molecule has 30 heavy (non-hydrogen) atoms. The van der Waals surface area contributed by atoms with Crippen molar-refractivity contribution in [2.24, 2.45) is 0 Å². The number of thiophene rings is 1. The van der Waals surface area contributed by atoms with Gasteiger partial charge < -0.3 is 5.32 Å². The van der Waals surface area contributed by atoms with E-state index in [0.717, 1.165) is 23.7 Å². The molecule has 8 heteroatoms. The predicted molar refractivity (Wildman–Crippen MR) is 123 cm³/mol. The Morgan fingerprint density at radius 2 is 1.93 bits per heavy atom. The van der Waals surface area contributed by atoms with Crippen LogP contribution in [-0.4, -0.2) is 39.2 Å².